The van der Waals surface area contributed by atoms with Crippen molar-refractivity contribution in [1.29, 1.82) is 0 Å². The quantitative estimate of drug-likeness (QED) is 0.476. The van der Waals surface area contributed by atoms with Crippen molar-refractivity contribution in [2.24, 2.45) is 7.05 Å². The molecular formula is C20H13F4N3O2. The van der Waals surface area contributed by atoms with Gasteiger partial charge in [0.2, 0.25) is 0 Å². The minimum atomic E-state index is -4.80. The highest BCUT2D eigenvalue weighted by Gasteiger charge is 2.31. The summed E-state index contributed by atoms with van der Waals surface area (Å²) in [7, 11) is 1.66. The second-order valence-electron chi connectivity index (χ2n) is 6.32. The summed E-state index contributed by atoms with van der Waals surface area (Å²) in [4.78, 5) is 17.3. The van der Waals surface area contributed by atoms with Crippen LogP contribution in [0.3, 0.4) is 0 Å². The van der Waals surface area contributed by atoms with Gasteiger partial charge in [0.25, 0.3) is 5.56 Å². The molecule has 9 heteroatoms. The Labute approximate surface area is 161 Å². The molecule has 0 unspecified atom stereocenters. The number of alkyl halides is 3. The van der Waals surface area contributed by atoms with Crippen LogP contribution in [-0.2, 0) is 7.05 Å². The molecule has 0 fully saturated rings. The standard InChI is InChI=1S/C20H13F4N3O2/c1-26-11-25-17-16(12-2-4-13(21)5-3-12)10-27(19(28)18(17)26)14-6-8-15(9-7-14)29-20(22,23)24/h2-11H,1H3. The third-order valence-electron chi connectivity index (χ3n) is 4.38. The molecule has 0 bridgehead atoms. The maximum Gasteiger partial charge on any atom is 0.573 e. The zero-order valence-electron chi connectivity index (χ0n) is 14.9. The Morgan fingerprint density at radius 3 is 2.28 bits per heavy atom. The van der Waals surface area contributed by atoms with Gasteiger partial charge in [-0.1, -0.05) is 12.1 Å². The van der Waals surface area contributed by atoms with Crippen LogP contribution in [0.5, 0.6) is 5.75 Å². The fourth-order valence-corrected chi connectivity index (χ4v) is 3.08. The molecule has 0 spiro atoms. The molecule has 0 radical (unpaired) electrons. The predicted octanol–water partition coefficient (Wildman–Crippen LogP) is 4.43. The van der Waals surface area contributed by atoms with Crippen LogP contribution in [0.25, 0.3) is 27.8 Å². The number of hydrogen-bond acceptors (Lipinski definition) is 3. The molecule has 29 heavy (non-hydrogen) atoms. The van der Waals surface area contributed by atoms with Gasteiger partial charge in [-0.05, 0) is 42.0 Å². The highest BCUT2D eigenvalue weighted by molar-refractivity contribution is 5.91. The summed E-state index contributed by atoms with van der Waals surface area (Å²) in [6.45, 7) is 0. The van der Waals surface area contributed by atoms with Gasteiger partial charge >= 0.3 is 6.36 Å². The molecule has 148 valence electrons. The van der Waals surface area contributed by atoms with Crippen molar-refractivity contribution < 1.29 is 22.3 Å². The number of hydrogen-bond donors (Lipinski definition) is 0. The van der Waals surface area contributed by atoms with Crippen LogP contribution in [0, 0.1) is 5.82 Å². The van der Waals surface area contributed by atoms with E-state index in [0.717, 1.165) is 12.1 Å². The maximum atomic E-state index is 13.3. The molecular weight excluding hydrogens is 390 g/mol. The van der Waals surface area contributed by atoms with E-state index in [2.05, 4.69) is 9.72 Å². The average molecular weight is 403 g/mol. The van der Waals surface area contributed by atoms with Crippen molar-refractivity contribution in [3.05, 3.63) is 77.2 Å². The van der Waals surface area contributed by atoms with Crippen molar-refractivity contribution >= 4 is 11.0 Å². The lowest BCUT2D eigenvalue weighted by Crippen LogP contribution is -2.20. The maximum absolute atomic E-state index is 13.3. The van der Waals surface area contributed by atoms with Gasteiger partial charge in [-0.3, -0.25) is 9.36 Å². The van der Waals surface area contributed by atoms with Crippen molar-refractivity contribution in [3.63, 3.8) is 0 Å². The van der Waals surface area contributed by atoms with Crippen LogP contribution in [0.2, 0.25) is 0 Å². The largest absolute Gasteiger partial charge is 0.573 e. The molecule has 2 aromatic carbocycles. The zero-order chi connectivity index (χ0) is 20.8. The summed E-state index contributed by atoms with van der Waals surface area (Å²) in [6, 6.07) is 10.7. The Kier molecular flexibility index (Phi) is 4.37. The molecule has 0 aliphatic heterocycles. The number of benzene rings is 2. The number of imidazole rings is 1. The van der Waals surface area contributed by atoms with E-state index in [0.29, 0.717) is 27.8 Å². The van der Waals surface area contributed by atoms with Crippen LogP contribution in [0.4, 0.5) is 17.6 Å². The fraction of sp³-hybridized carbons (Fsp3) is 0.100. The average Bonchev–Trinajstić information content (AvgIpc) is 3.05. The minimum Gasteiger partial charge on any atom is -0.406 e. The number of ether oxygens (including phenoxy) is 1. The predicted molar refractivity (Wildman–Crippen MR) is 98.4 cm³/mol. The molecule has 2 heterocycles. The molecule has 4 rings (SSSR count). The molecule has 0 aliphatic rings. The summed E-state index contributed by atoms with van der Waals surface area (Å²) in [5, 5.41) is 0. The second-order valence-corrected chi connectivity index (χ2v) is 6.32. The normalized spacial score (nSPS) is 11.8. The summed E-state index contributed by atoms with van der Waals surface area (Å²) in [5.74, 6) is -0.797. The molecule has 2 aromatic heterocycles. The van der Waals surface area contributed by atoms with E-state index in [4.69, 9.17) is 0 Å². The first-order valence-corrected chi connectivity index (χ1v) is 8.42. The van der Waals surface area contributed by atoms with Gasteiger partial charge in [0, 0.05) is 24.5 Å². The van der Waals surface area contributed by atoms with Crippen molar-refractivity contribution in [2.45, 2.75) is 6.36 Å². The molecule has 0 aliphatic carbocycles. The van der Waals surface area contributed by atoms with Gasteiger partial charge in [-0.25, -0.2) is 9.37 Å². The Hall–Kier alpha value is -3.62. The number of halogens is 4. The Morgan fingerprint density at radius 2 is 1.66 bits per heavy atom. The SMILES string of the molecule is Cn1cnc2c(-c3ccc(F)cc3)cn(-c3ccc(OC(F)(F)F)cc3)c(=O)c21. The lowest BCUT2D eigenvalue weighted by molar-refractivity contribution is -0.274. The third kappa shape index (κ3) is 3.58. The van der Waals surface area contributed by atoms with Crippen LogP contribution in [0.1, 0.15) is 0 Å². The summed E-state index contributed by atoms with van der Waals surface area (Å²) >= 11 is 0. The van der Waals surface area contributed by atoms with Crippen molar-refractivity contribution in [2.75, 3.05) is 0 Å². The minimum absolute atomic E-state index is 0.308. The topological polar surface area (TPSA) is 49.0 Å². The number of aromatic nitrogens is 3. The second kappa shape index (κ2) is 6.77. The molecule has 4 aromatic rings. The lowest BCUT2D eigenvalue weighted by atomic mass is 10.1. The van der Waals surface area contributed by atoms with Gasteiger partial charge in [0.1, 0.15) is 22.6 Å². The Balaban J connectivity index is 1.89. The molecule has 0 saturated carbocycles. The van der Waals surface area contributed by atoms with Gasteiger partial charge in [-0.15, -0.1) is 13.2 Å². The number of aryl methyl sites for hydroxylation is 1. The third-order valence-corrected chi connectivity index (χ3v) is 4.38. The van der Waals surface area contributed by atoms with E-state index in [1.54, 1.807) is 23.7 Å². The van der Waals surface area contributed by atoms with E-state index in [-0.39, 0.29) is 0 Å². The number of fused-ring (bicyclic) bond motifs is 1. The van der Waals surface area contributed by atoms with Gasteiger partial charge < -0.3 is 9.30 Å². The summed E-state index contributed by atoms with van der Waals surface area (Å²) in [5.41, 5.74) is 1.92. The van der Waals surface area contributed by atoms with Crippen molar-refractivity contribution in [1.82, 2.24) is 14.1 Å². The monoisotopic (exact) mass is 403 g/mol. The van der Waals surface area contributed by atoms with Gasteiger partial charge in [0.05, 0.1) is 6.33 Å². The lowest BCUT2D eigenvalue weighted by Gasteiger charge is -2.12. The van der Waals surface area contributed by atoms with E-state index in [1.807, 2.05) is 0 Å². The Bertz CT molecular complexity index is 1240. The first-order valence-electron chi connectivity index (χ1n) is 8.42. The first kappa shape index (κ1) is 18.7. The van der Waals surface area contributed by atoms with E-state index in [9.17, 15) is 22.4 Å². The molecule has 5 nitrogen and oxygen atoms in total. The number of rotatable bonds is 3. The zero-order valence-corrected chi connectivity index (χ0v) is 14.9. The van der Waals surface area contributed by atoms with Crippen LogP contribution in [0.15, 0.2) is 65.8 Å². The summed E-state index contributed by atoms with van der Waals surface area (Å²) < 4.78 is 57.2. The summed E-state index contributed by atoms with van der Waals surface area (Å²) in [6.07, 6.45) is -1.78. The number of nitrogens with zero attached hydrogens (tertiary/aromatic N) is 3. The molecule has 0 saturated heterocycles. The molecule has 0 amide bonds. The van der Waals surface area contributed by atoms with E-state index < -0.39 is 23.5 Å². The molecule has 0 N–H and O–H groups in total. The van der Waals surface area contributed by atoms with Gasteiger partial charge in [0.15, 0.2) is 0 Å². The Morgan fingerprint density at radius 1 is 1.00 bits per heavy atom. The highest BCUT2D eigenvalue weighted by Crippen LogP contribution is 2.28. The fourth-order valence-electron chi connectivity index (χ4n) is 3.08. The number of pyridine rings is 1. The van der Waals surface area contributed by atoms with Crippen LogP contribution >= 0.6 is 0 Å². The molecule has 0 atom stereocenters. The first-order chi connectivity index (χ1) is 13.7. The van der Waals surface area contributed by atoms with E-state index in [1.165, 1.54) is 41.4 Å². The van der Waals surface area contributed by atoms with Crippen LogP contribution in [-0.4, -0.2) is 20.5 Å². The smallest absolute Gasteiger partial charge is 0.406 e. The van der Waals surface area contributed by atoms with Crippen molar-refractivity contribution in [3.8, 4) is 22.6 Å². The van der Waals surface area contributed by atoms with Crippen LogP contribution < -0.4 is 10.3 Å². The highest BCUT2D eigenvalue weighted by atomic mass is 19.4. The van der Waals surface area contributed by atoms with E-state index >= 15 is 0 Å². The van der Waals surface area contributed by atoms with Gasteiger partial charge in [-0.2, -0.15) is 0 Å².